The van der Waals surface area contributed by atoms with Crippen molar-refractivity contribution < 1.29 is 13.9 Å². The Morgan fingerprint density at radius 1 is 1.12 bits per heavy atom. The second-order valence-corrected chi connectivity index (χ2v) is 10.2. The van der Waals surface area contributed by atoms with E-state index in [1.807, 2.05) is 40.7 Å². The van der Waals surface area contributed by atoms with Crippen LogP contribution in [0.1, 0.15) is 31.2 Å². The normalized spacial score (nSPS) is 21.5. The molecule has 1 spiro atoms. The number of halogens is 1. The van der Waals surface area contributed by atoms with Crippen LogP contribution < -0.4 is 0 Å². The number of aromatic nitrogens is 1. The van der Waals surface area contributed by atoms with E-state index in [4.69, 9.17) is 4.74 Å². The fourth-order valence-corrected chi connectivity index (χ4v) is 5.67. The van der Waals surface area contributed by atoms with Crippen molar-refractivity contribution >= 4 is 27.5 Å². The standard InChI is InChI=1S/C25H26FN3O2S/c26-21-11-17(18-3-6-23-22(12-18)27-16-32-23)1-2-19(21)13-28-9-7-25(8-10-28)15-29(20-4-5-20)24(30)14-31-25/h1-3,6,11-12,16,20H,4-5,7-10,13-15H2. The first-order valence-corrected chi connectivity index (χ1v) is 12.2. The molecule has 2 aromatic carbocycles. The average Bonchev–Trinajstić information content (AvgIpc) is 3.55. The van der Waals surface area contributed by atoms with Gasteiger partial charge in [-0.15, -0.1) is 11.3 Å². The Labute approximate surface area is 190 Å². The molecule has 1 aliphatic carbocycles. The van der Waals surface area contributed by atoms with E-state index < -0.39 is 0 Å². The van der Waals surface area contributed by atoms with Crippen molar-refractivity contribution in [1.29, 1.82) is 0 Å². The SMILES string of the molecule is O=C1COC2(CCN(Cc3ccc(-c4ccc5scnc5c4)cc3F)CC2)CN1C1CC1. The first kappa shape index (κ1) is 20.3. The highest BCUT2D eigenvalue weighted by Crippen LogP contribution is 2.36. The van der Waals surface area contributed by atoms with Crippen LogP contribution in [0, 0.1) is 5.82 Å². The molecular weight excluding hydrogens is 425 g/mol. The van der Waals surface area contributed by atoms with Gasteiger partial charge in [-0.05, 0) is 55.0 Å². The monoisotopic (exact) mass is 451 g/mol. The number of likely N-dealkylation sites (tertiary alicyclic amines) is 1. The van der Waals surface area contributed by atoms with Gasteiger partial charge in [0.2, 0.25) is 5.91 Å². The number of rotatable bonds is 4. The van der Waals surface area contributed by atoms with Crippen LogP contribution in [0.3, 0.4) is 0 Å². The van der Waals surface area contributed by atoms with Crippen molar-refractivity contribution in [2.24, 2.45) is 0 Å². The molecule has 3 aromatic rings. The lowest BCUT2D eigenvalue weighted by molar-refractivity contribution is -0.172. The van der Waals surface area contributed by atoms with Gasteiger partial charge in [0.25, 0.3) is 0 Å². The van der Waals surface area contributed by atoms with Crippen LogP contribution in [0.4, 0.5) is 4.39 Å². The summed E-state index contributed by atoms with van der Waals surface area (Å²) in [5, 5.41) is 0. The molecule has 0 radical (unpaired) electrons. The number of hydrogen-bond donors (Lipinski definition) is 0. The van der Waals surface area contributed by atoms with E-state index >= 15 is 0 Å². The zero-order valence-electron chi connectivity index (χ0n) is 17.9. The minimum atomic E-state index is -0.219. The summed E-state index contributed by atoms with van der Waals surface area (Å²) in [5.74, 6) is -0.0303. The smallest absolute Gasteiger partial charge is 0.248 e. The summed E-state index contributed by atoms with van der Waals surface area (Å²) in [6.45, 7) is 3.23. The highest BCUT2D eigenvalue weighted by molar-refractivity contribution is 7.16. The number of nitrogens with zero attached hydrogens (tertiary/aromatic N) is 3. The Morgan fingerprint density at radius 2 is 1.91 bits per heavy atom. The summed E-state index contributed by atoms with van der Waals surface area (Å²) in [6, 6.07) is 12.1. The van der Waals surface area contributed by atoms with Crippen LogP contribution in [-0.4, -0.2) is 58.6 Å². The molecule has 0 N–H and O–H groups in total. The summed E-state index contributed by atoms with van der Waals surface area (Å²) in [4.78, 5) is 20.9. The predicted octanol–water partition coefficient (Wildman–Crippen LogP) is 4.46. The number of carbonyl (C=O) groups excluding carboxylic acids is 1. The second-order valence-electron chi connectivity index (χ2n) is 9.34. The Morgan fingerprint density at radius 3 is 2.69 bits per heavy atom. The number of thiazole rings is 1. The summed E-state index contributed by atoms with van der Waals surface area (Å²) in [7, 11) is 0. The molecule has 166 valence electrons. The number of morpholine rings is 1. The molecule has 1 saturated carbocycles. The molecule has 3 aliphatic rings. The van der Waals surface area contributed by atoms with E-state index in [0.717, 1.165) is 72.2 Å². The molecule has 5 nitrogen and oxygen atoms in total. The molecule has 2 saturated heterocycles. The Bertz CT molecular complexity index is 1170. The largest absolute Gasteiger partial charge is 0.363 e. The molecule has 1 amide bonds. The molecule has 0 atom stereocenters. The number of amides is 1. The van der Waals surface area contributed by atoms with Crippen LogP contribution in [0.25, 0.3) is 21.3 Å². The van der Waals surface area contributed by atoms with E-state index in [9.17, 15) is 9.18 Å². The highest BCUT2D eigenvalue weighted by Gasteiger charge is 2.46. The highest BCUT2D eigenvalue weighted by atomic mass is 32.1. The molecule has 3 heterocycles. The van der Waals surface area contributed by atoms with Gasteiger partial charge in [-0.1, -0.05) is 18.2 Å². The lowest BCUT2D eigenvalue weighted by Crippen LogP contribution is -2.59. The number of fused-ring (bicyclic) bond motifs is 1. The Kier molecular flexibility index (Phi) is 5.01. The molecule has 32 heavy (non-hydrogen) atoms. The Balaban J connectivity index is 1.11. The zero-order chi connectivity index (χ0) is 21.7. The van der Waals surface area contributed by atoms with Gasteiger partial charge in [0, 0.05) is 31.2 Å². The number of ether oxygens (including phenoxy) is 1. The summed E-state index contributed by atoms with van der Waals surface area (Å²) < 4.78 is 22.2. The minimum Gasteiger partial charge on any atom is -0.363 e. The summed E-state index contributed by atoms with van der Waals surface area (Å²) in [5.41, 5.74) is 5.15. The van der Waals surface area contributed by atoms with E-state index in [-0.39, 0.29) is 23.9 Å². The quantitative estimate of drug-likeness (QED) is 0.588. The molecule has 0 bridgehead atoms. The second kappa shape index (κ2) is 7.90. The topological polar surface area (TPSA) is 45.7 Å². The van der Waals surface area contributed by atoms with Gasteiger partial charge >= 0.3 is 0 Å². The van der Waals surface area contributed by atoms with Crippen molar-refractivity contribution in [1.82, 2.24) is 14.8 Å². The number of piperidine rings is 1. The molecule has 1 aromatic heterocycles. The maximum Gasteiger partial charge on any atom is 0.248 e. The van der Waals surface area contributed by atoms with Crippen LogP contribution >= 0.6 is 11.3 Å². The van der Waals surface area contributed by atoms with Crippen molar-refractivity contribution in [3.05, 3.63) is 53.3 Å². The molecule has 6 rings (SSSR count). The third-order valence-corrected chi connectivity index (χ3v) is 7.96. The number of hydrogen-bond acceptors (Lipinski definition) is 5. The minimum absolute atomic E-state index is 0.136. The first-order chi connectivity index (χ1) is 15.6. The van der Waals surface area contributed by atoms with Crippen LogP contribution in [0.15, 0.2) is 41.9 Å². The number of carbonyl (C=O) groups is 1. The summed E-state index contributed by atoms with van der Waals surface area (Å²) >= 11 is 1.61. The van der Waals surface area contributed by atoms with Crippen molar-refractivity contribution in [2.45, 2.75) is 43.9 Å². The lowest BCUT2D eigenvalue weighted by atomic mass is 9.89. The van der Waals surface area contributed by atoms with Crippen molar-refractivity contribution in [3.8, 4) is 11.1 Å². The molecule has 2 aliphatic heterocycles. The fourth-order valence-electron chi connectivity index (χ4n) is 5.02. The third kappa shape index (κ3) is 3.83. The van der Waals surface area contributed by atoms with Gasteiger partial charge in [0.1, 0.15) is 12.4 Å². The molecule has 0 unspecified atom stereocenters. The van der Waals surface area contributed by atoms with Gasteiger partial charge in [-0.2, -0.15) is 0 Å². The van der Waals surface area contributed by atoms with E-state index in [1.54, 1.807) is 17.4 Å². The van der Waals surface area contributed by atoms with Gasteiger partial charge in [0.05, 0.1) is 27.9 Å². The third-order valence-electron chi connectivity index (χ3n) is 7.15. The zero-order valence-corrected chi connectivity index (χ0v) is 18.7. The van der Waals surface area contributed by atoms with E-state index in [2.05, 4.69) is 9.88 Å². The maximum absolute atomic E-state index is 15.0. The van der Waals surface area contributed by atoms with Gasteiger partial charge in [-0.3, -0.25) is 9.69 Å². The molecular formula is C25H26FN3O2S. The number of benzene rings is 2. The van der Waals surface area contributed by atoms with Crippen molar-refractivity contribution in [2.75, 3.05) is 26.2 Å². The lowest BCUT2D eigenvalue weighted by Gasteiger charge is -2.47. The van der Waals surface area contributed by atoms with E-state index in [1.165, 1.54) is 0 Å². The van der Waals surface area contributed by atoms with Gasteiger partial charge < -0.3 is 9.64 Å². The summed E-state index contributed by atoms with van der Waals surface area (Å²) in [6.07, 6.45) is 4.02. The van der Waals surface area contributed by atoms with Gasteiger partial charge in [-0.25, -0.2) is 9.37 Å². The Hall–Kier alpha value is -2.35. The average molecular weight is 452 g/mol. The molecule has 3 fully saturated rings. The first-order valence-electron chi connectivity index (χ1n) is 11.4. The maximum atomic E-state index is 15.0. The van der Waals surface area contributed by atoms with E-state index in [0.29, 0.717) is 12.6 Å². The van der Waals surface area contributed by atoms with Crippen LogP contribution in [0.5, 0.6) is 0 Å². The molecule has 7 heteroatoms. The van der Waals surface area contributed by atoms with Crippen LogP contribution in [0.2, 0.25) is 0 Å². The fraction of sp³-hybridized carbons (Fsp3) is 0.440. The predicted molar refractivity (Wildman–Crippen MR) is 123 cm³/mol. The van der Waals surface area contributed by atoms with Crippen molar-refractivity contribution in [3.63, 3.8) is 0 Å². The van der Waals surface area contributed by atoms with Gasteiger partial charge in [0.15, 0.2) is 0 Å². The van der Waals surface area contributed by atoms with Crippen LogP contribution in [-0.2, 0) is 16.1 Å².